The molecule has 0 fully saturated rings. The van der Waals surface area contributed by atoms with Crippen molar-refractivity contribution in [3.63, 3.8) is 0 Å². The number of carboxylic acids is 1. The minimum absolute atomic E-state index is 0.0292. The monoisotopic (exact) mass is 344 g/mol. The molecule has 2 amide bonds. The summed E-state index contributed by atoms with van der Waals surface area (Å²) in [5.41, 5.74) is 0.558. The largest absolute Gasteiger partial charge is 0.491 e. The van der Waals surface area contributed by atoms with E-state index in [9.17, 15) is 9.59 Å². The average Bonchev–Trinajstić information content (AvgIpc) is 2.25. The third kappa shape index (κ3) is 6.42. The van der Waals surface area contributed by atoms with Crippen LogP contribution in [-0.4, -0.2) is 29.8 Å². The number of anilines is 1. The Balaban J connectivity index is 2.60. The van der Waals surface area contributed by atoms with E-state index >= 15 is 0 Å². The number of benzene rings is 1. The van der Waals surface area contributed by atoms with E-state index in [0.29, 0.717) is 11.4 Å². The molecule has 0 spiro atoms. The quantitative estimate of drug-likeness (QED) is 0.740. The Bertz CT molecular complexity index is 491. The Kier molecular flexibility index (Phi) is 6.30. The van der Waals surface area contributed by atoms with Crippen LogP contribution in [0.2, 0.25) is 0 Å². The van der Waals surface area contributed by atoms with Crippen molar-refractivity contribution in [3.8, 4) is 5.75 Å². The highest BCUT2D eigenvalue weighted by Crippen LogP contribution is 2.25. The molecular weight excluding hydrogens is 328 g/mol. The number of carbonyl (C=O) groups is 2. The summed E-state index contributed by atoms with van der Waals surface area (Å²) in [6, 6.07) is 4.76. The van der Waals surface area contributed by atoms with Gasteiger partial charge in [-0.25, -0.2) is 4.79 Å². The van der Waals surface area contributed by atoms with Crippen molar-refractivity contribution in [2.75, 3.05) is 11.9 Å². The number of carboxylic acid groups (broad SMARTS) is 1. The van der Waals surface area contributed by atoms with Gasteiger partial charge in [-0.1, -0.05) is 15.9 Å². The summed E-state index contributed by atoms with van der Waals surface area (Å²) in [5.74, 6) is -0.324. The molecule has 1 aromatic rings. The molecule has 110 valence electrons. The molecule has 0 saturated heterocycles. The number of ether oxygens (including phenoxy) is 1. The molecule has 20 heavy (non-hydrogen) atoms. The third-order valence-corrected chi connectivity index (χ3v) is 2.58. The lowest BCUT2D eigenvalue weighted by molar-refractivity contribution is -0.136. The molecule has 1 aromatic carbocycles. The predicted octanol–water partition coefficient (Wildman–Crippen LogP) is 2.83. The van der Waals surface area contributed by atoms with Crippen molar-refractivity contribution in [1.29, 1.82) is 0 Å². The molecule has 0 bridgehead atoms. The van der Waals surface area contributed by atoms with E-state index < -0.39 is 12.0 Å². The maximum atomic E-state index is 11.6. The van der Waals surface area contributed by atoms with E-state index in [1.165, 1.54) is 0 Å². The number of aliphatic carboxylic acids is 1. The summed E-state index contributed by atoms with van der Waals surface area (Å²) in [6.07, 6.45) is -0.0882. The first-order chi connectivity index (χ1) is 9.36. The summed E-state index contributed by atoms with van der Waals surface area (Å²) in [5, 5.41) is 13.6. The fourth-order valence-electron chi connectivity index (χ4n) is 1.43. The summed E-state index contributed by atoms with van der Waals surface area (Å²) >= 11 is 3.34. The van der Waals surface area contributed by atoms with E-state index in [1.54, 1.807) is 18.2 Å². The van der Waals surface area contributed by atoms with Crippen LogP contribution in [0.5, 0.6) is 5.75 Å². The number of amides is 2. The number of hydrogen-bond donors (Lipinski definition) is 3. The van der Waals surface area contributed by atoms with Crippen LogP contribution in [0.3, 0.4) is 0 Å². The molecule has 0 unspecified atom stereocenters. The summed E-state index contributed by atoms with van der Waals surface area (Å²) < 4.78 is 6.32. The summed E-state index contributed by atoms with van der Waals surface area (Å²) in [6.45, 7) is 3.89. The molecule has 7 heteroatoms. The normalized spacial score (nSPS) is 10.2. The fourth-order valence-corrected chi connectivity index (χ4v) is 1.91. The Labute approximate surface area is 125 Å². The van der Waals surface area contributed by atoms with Gasteiger partial charge in [0.1, 0.15) is 5.75 Å². The first kappa shape index (κ1) is 16.3. The first-order valence-electron chi connectivity index (χ1n) is 6.10. The molecule has 6 nitrogen and oxygen atoms in total. The van der Waals surface area contributed by atoms with Gasteiger partial charge in [-0.3, -0.25) is 4.79 Å². The van der Waals surface area contributed by atoms with Crippen molar-refractivity contribution in [2.45, 2.75) is 26.4 Å². The van der Waals surface area contributed by atoms with Crippen LogP contribution in [0.4, 0.5) is 10.5 Å². The highest BCUT2D eigenvalue weighted by molar-refractivity contribution is 9.10. The zero-order valence-corrected chi connectivity index (χ0v) is 12.9. The van der Waals surface area contributed by atoms with Gasteiger partial charge < -0.3 is 20.5 Å². The van der Waals surface area contributed by atoms with Gasteiger partial charge in [-0.05, 0) is 26.0 Å². The van der Waals surface area contributed by atoms with Gasteiger partial charge >= 0.3 is 12.0 Å². The minimum atomic E-state index is -0.958. The van der Waals surface area contributed by atoms with Gasteiger partial charge in [0, 0.05) is 22.8 Å². The second kappa shape index (κ2) is 7.74. The van der Waals surface area contributed by atoms with Gasteiger partial charge in [0.15, 0.2) is 0 Å². The number of halogens is 1. The van der Waals surface area contributed by atoms with Crippen LogP contribution in [0, 0.1) is 0 Å². The maximum Gasteiger partial charge on any atom is 0.319 e. The van der Waals surface area contributed by atoms with Crippen LogP contribution in [-0.2, 0) is 4.79 Å². The van der Waals surface area contributed by atoms with Gasteiger partial charge in [-0.2, -0.15) is 0 Å². The van der Waals surface area contributed by atoms with Gasteiger partial charge in [0.25, 0.3) is 0 Å². The lowest BCUT2D eigenvalue weighted by atomic mass is 10.3. The van der Waals surface area contributed by atoms with Crippen LogP contribution < -0.4 is 15.4 Å². The molecule has 0 aliphatic carbocycles. The molecule has 3 N–H and O–H groups in total. The molecule has 0 aliphatic rings. The molecule has 0 atom stereocenters. The Hall–Kier alpha value is -1.76. The van der Waals surface area contributed by atoms with Gasteiger partial charge in [0.05, 0.1) is 12.5 Å². The standard InChI is InChI=1S/C13H17BrN2O4/c1-8(2)20-11-6-9(14)5-10(7-11)16-13(19)15-4-3-12(17)18/h5-8H,3-4H2,1-2H3,(H,17,18)(H2,15,16,19). The molecule has 0 aromatic heterocycles. The molecule has 1 rings (SSSR count). The number of nitrogens with one attached hydrogen (secondary N) is 2. The Morgan fingerprint density at radius 3 is 2.65 bits per heavy atom. The third-order valence-electron chi connectivity index (χ3n) is 2.13. The summed E-state index contributed by atoms with van der Waals surface area (Å²) in [7, 11) is 0. The predicted molar refractivity (Wildman–Crippen MR) is 79.2 cm³/mol. The Morgan fingerprint density at radius 2 is 2.05 bits per heavy atom. The molecule has 0 aliphatic heterocycles. The minimum Gasteiger partial charge on any atom is -0.491 e. The van der Waals surface area contributed by atoms with Crippen LogP contribution in [0.15, 0.2) is 22.7 Å². The van der Waals surface area contributed by atoms with Crippen LogP contribution in [0.25, 0.3) is 0 Å². The van der Waals surface area contributed by atoms with Crippen LogP contribution in [0.1, 0.15) is 20.3 Å². The second-order valence-electron chi connectivity index (χ2n) is 4.37. The van der Waals surface area contributed by atoms with E-state index in [2.05, 4.69) is 26.6 Å². The number of carbonyl (C=O) groups excluding carboxylic acids is 1. The molecule has 0 saturated carbocycles. The smallest absolute Gasteiger partial charge is 0.319 e. The van der Waals surface area contributed by atoms with Gasteiger partial charge in [0.2, 0.25) is 0 Å². The van der Waals surface area contributed by atoms with E-state index in [4.69, 9.17) is 9.84 Å². The zero-order chi connectivity index (χ0) is 15.1. The average molecular weight is 345 g/mol. The Morgan fingerprint density at radius 1 is 1.35 bits per heavy atom. The molecule has 0 heterocycles. The number of hydrogen-bond acceptors (Lipinski definition) is 3. The second-order valence-corrected chi connectivity index (χ2v) is 5.28. The highest BCUT2D eigenvalue weighted by atomic mass is 79.9. The first-order valence-corrected chi connectivity index (χ1v) is 6.90. The van der Waals surface area contributed by atoms with E-state index in [-0.39, 0.29) is 19.1 Å². The highest BCUT2D eigenvalue weighted by Gasteiger charge is 2.06. The SMILES string of the molecule is CC(C)Oc1cc(Br)cc(NC(=O)NCCC(=O)O)c1. The maximum absolute atomic E-state index is 11.6. The molecule has 0 radical (unpaired) electrons. The molecular formula is C13H17BrN2O4. The van der Waals surface area contributed by atoms with E-state index in [0.717, 1.165) is 4.47 Å². The number of rotatable bonds is 6. The van der Waals surface area contributed by atoms with Crippen molar-refractivity contribution >= 4 is 33.6 Å². The lowest BCUT2D eigenvalue weighted by Crippen LogP contribution is -2.30. The van der Waals surface area contributed by atoms with Crippen molar-refractivity contribution in [1.82, 2.24) is 5.32 Å². The zero-order valence-electron chi connectivity index (χ0n) is 11.3. The topological polar surface area (TPSA) is 87.7 Å². The lowest BCUT2D eigenvalue weighted by Gasteiger charge is -2.12. The fraction of sp³-hybridized carbons (Fsp3) is 0.385. The van der Waals surface area contributed by atoms with Crippen LogP contribution >= 0.6 is 15.9 Å². The number of urea groups is 1. The van der Waals surface area contributed by atoms with Crippen molar-refractivity contribution in [3.05, 3.63) is 22.7 Å². The summed E-state index contributed by atoms with van der Waals surface area (Å²) in [4.78, 5) is 21.9. The van der Waals surface area contributed by atoms with Gasteiger partial charge in [-0.15, -0.1) is 0 Å². The van der Waals surface area contributed by atoms with Crippen molar-refractivity contribution in [2.24, 2.45) is 0 Å². The van der Waals surface area contributed by atoms with E-state index in [1.807, 2.05) is 13.8 Å². The van der Waals surface area contributed by atoms with Crippen molar-refractivity contribution < 1.29 is 19.4 Å².